The van der Waals surface area contributed by atoms with Crippen LogP contribution in [-0.2, 0) is 16.4 Å². The first-order valence-electron chi connectivity index (χ1n) is 11.8. The third-order valence-electron chi connectivity index (χ3n) is 5.90. The average molecular weight is 497 g/mol. The minimum Gasteiger partial charge on any atom is -0.508 e. The van der Waals surface area contributed by atoms with Gasteiger partial charge in [0.15, 0.2) is 17.2 Å². The van der Waals surface area contributed by atoms with E-state index in [0.717, 1.165) is 0 Å². The molecule has 0 aliphatic rings. The number of hydrogen-bond acceptors (Lipinski definition) is 7. The second-order valence-corrected chi connectivity index (χ2v) is 11.4. The highest BCUT2D eigenvalue weighted by molar-refractivity contribution is 5.57. The van der Waals surface area contributed by atoms with Gasteiger partial charge in [0.2, 0.25) is 0 Å². The van der Waals surface area contributed by atoms with Gasteiger partial charge in [-0.05, 0) is 61.1 Å². The van der Waals surface area contributed by atoms with Crippen LogP contribution in [0, 0.1) is 0 Å². The lowest BCUT2D eigenvalue weighted by atomic mass is 9.86. The van der Waals surface area contributed by atoms with Crippen molar-refractivity contribution in [1.82, 2.24) is 0 Å². The fraction of sp³-hybridized carbons (Fsp3) is 0.379. The summed E-state index contributed by atoms with van der Waals surface area (Å²) >= 11 is 0. The lowest BCUT2D eigenvalue weighted by Gasteiger charge is -2.29. The standard InChI is InChI=1S/C29H36O7/c1-27(2,3)20-12-14-24(34-29(7,8)19-11-9-17(30)15-23(19)32)26(25(20)33)36-35-18-10-13-22(31)21(16-18)28(4,5)6/h9-16,30-33H,1-8H3. The van der Waals surface area contributed by atoms with Crippen LogP contribution in [0.2, 0.25) is 0 Å². The Labute approximate surface area is 212 Å². The smallest absolute Gasteiger partial charge is 0.262 e. The molecule has 3 aromatic rings. The first-order chi connectivity index (χ1) is 16.5. The molecule has 0 aliphatic carbocycles. The van der Waals surface area contributed by atoms with E-state index in [2.05, 4.69) is 0 Å². The molecule has 194 valence electrons. The van der Waals surface area contributed by atoms with E-state index >= 15 is 0 Å². The molecule has 0 unspecified atom stereocenters. The van der Waals surface area contributed by atoms with Crippen LogP contribution in [-0.4, -0.2) is 20.4 Å². The van der Waals surface area contributed by atoms with Gasteiger partial charge in [-0.2, -0.15) is 0 Å². The van der Waals surface area contributed by atoms with Crippen LogP contribution in [0.1, 0.15) is 72.1 Å². The van der Waals surface area contributed by atoms with Crippen molar-refractivity contribution >= 4 is 0 Å². The SMILES string of the molecule is CC(C)(C)c1cc(OOc2c(OC(C)(C)c3ccc(O)cc3O)ccc(C(C)(C)C)c2O)ccc1O. The van der Waals surface area contributed by atoms with E-state index in [1.165, 1.54) is 18.2 Å². The Balaban J connectivity index is 2.02. The minimum atomic E-state index is -1.07. The molecular weight excluding hydrogens is 460 g/mol. The van der Waals surface area contributed by atoms with Gasteiger partial charge in [-0.15, -0.1) is 0 Å². The van der Waals surface area contributed by atoms with Gasteiger partial charge in [-0.1, -0.05) is 47.6 Å². The molecule has 0 spiro atoms. The van der Waals surface area contributed by atoms with Crippen molar-refractivity contribution in [1.29, 1.82) is 0 Å². The largest absolute Gasteiger partial charge is 0.508 e. The number of rotatable bonds is 6. The van der Waals surface area contributed by atoms with Crippen LogP contribution in [0.15, 0.2) is 48.5 Å². The van der Waals surface area contributed by atoms with Crippen molar-refractivity contribution in [2.45, 2.75) is 71.8 Å². The van der Waals surface area contributed by atoms with Crippen LogP contribution in [0.5, 0.6) is 40.2 Å². The Kier molecular flexibility index (Phi) is 6.99. The molecule has 7 heteroatoms. The molecule has 3 rings (SSSR count). The Morgan fingerprint density at radius 1 is 0.583 bits per heavy atom. The molecule has 0 bridgehead atoms. The number of phenols is 4. The Hall–Kier alpha value is -3.74. The predicted molar refractivity (Wildman–Crippen MR) is 138 cm³/mol. The van der Waals surface area contributed by atoms with Crippen molar-refractivity contribution in [3.05, 3.63) is 65.2 Å². The van der Waals surface area contributed by atoms with E-state index in [9.17, 15) is 20.4 Å². The van der Waals surface area contributed by atoms with Crippen LogP contribution >= 0.6 is 0 Å². The summed E-state index contributed by atoms with van der Waals surface area (Å²) in [5.41, 5.74) is -0.0638. The highest BCUT2D eigenvalue weighted by Crippen LogP contribution is 2.47. The third kappa shape index (κ3) is 5.73. The average Bonchev–Trinajstić information content (AvgIpc) is 2.72. The van der Waals surface area contributed by atoms with E-state index in [1.54, 1.807) is 44.2 Å². The van der Waals surface area contributed by atoms with Gasteiger partial charge in [0.25, 0.3) is 5.75 Å². The maximum atomic E-state index is 11.2. The zero-order chi connectivity index (χ0) is 27.1. The second-order valence-electron chi connectivity index (χ2n) is 11.4. The molecule has 0 atom stereocenters. The number of phenolic OH excluding ortho intramolecular Hbond substituents is 4. The van der Waals surface area contributed by atoms with Crippen molar-refractivity contribution < 1.29 is 34.9 Å². The van der Waals surface area contributed by atoms with E-state index < -0.39 is 11.0 Å². The van der Waals surface area contributed by atoms with E-state index in [4.69, 9.17) is 14.5 Å². The van der Waals surface area contributed by atoms with Crippen molar-refractivity contribution in [2.75, 3.05) is 0 Å². The molecule has 3 aromatic carbocycles. The zero-order valence-electron chi connectivity index (χ0n) is 22.1. The maximum absolute atomic E-state index is 11.2. The lowest BCUT2D eigenvalue weighted by molar-refractivity contribution is -0.105. The maximum Gasteiger partial charge on any atom is 0.262 e. The lowest BCUT2D eigenvalue weighted by Crippen LogP contribution is -2.26. The summed E-state index contributed by atoms with van der Waals surface area (Å²) in [6.07, 6.45) is 0. The molecule has 0 heterocycles. The highest BCUT2D eigenvalue weighted by atomic mass is 17.2. The summed E-state index contributed by atoms with van der Waals surface area (Å²) in [4.78, 5) is 11.3. The van der Waals surface area contributed by atoms with Gasteiger partial charge in [0.1, 0.15) is 22.8 Å². The monoisotopic (exact) mass is 496 g/mol. The molecule has 0 radical (unpaired) electrons. The quantitative estimate of drug-likeness (QED) is 0.220. The summed E-state index contributed by atoms with van der Waals surface area (Å²) in [6, 6.07) is 12.5. The molecular formula is C29H36O7. The molecule has 0 saturated heterocycles. The van der Waals surface area contributed by atoms with Gasteiger partial charge in [-0.3, -0.25) is 9.78 Å². The van der Waals surface area contributed by atoms with Gasteiger partial charge < -0.3 is 25.2 Å². The topological polar surface area (TPSA) is 109 Å². The van der Waals surface area contributed by atoms with Crippen LogP contribution in [0.25, 0.3) is 0 Å². The van der Waals surface area contributed by atoms with Crippen LogP contribution in [0.3, 0.4) is 0 Å². The van der Waals surface area contributed by atoms with Gasteiger partial charge in [0, 0.05) is 22.8 Å². The number of benzene rings is 3. The Morgan fingerprint density at radius 2 is 1.19 bits per heavy atom. The molecule has 36 heavy (non-hydrogen) atoms. The van der Waals surface area contributed by atoms with Crippen LogP contribution in [0.4, 0.5) is 0 Å². The highest BCUT2D eigenvalue weighted by Gasteiger charge is 2.31. The first-order valence-corrected chi connectivity index (χ1v) is 11.8. The molecule has 0 saturated carbocycles. The number of ether oxygens (including phenoxy) is 1. The van der Waals surface area contributed by atoms with Gasteiger partial charge in [0.05, 0.1) is 0 Å². The molecule has 4 N–H and O–H groups in total. The van der Waals surface area contributed by atoms with E-state index in [-0.39, 0.29) is 39.9 Å². The summed E-state index contributed by atoms with van der Waals surface area (Å²) in [5, 5.41) is 41.5. The second kappa shape index (κ2) is 9.37. The fourth-order valence-electron chi connectivity index (χ4n) is 3.94. The molecule has 0 amide bonds. The molecule has 0 aliphatic heterocycles. The molecule has 7 nitrogen and oxygen atoms in total. The summed E-state index contributed by atoms with van der Waals surface area (Å²) in [6.45, 7) is 15.3. The fourth-order valence-corrected chi connectivity index (χ4v) is 3.94. The Morgan fingerprint density at radius 3 is 1.78 bits per heavy atom. The van der Waals surface area contributed by atoms with Gasteiger partial charge in [-0.25, -0.2) is 0 Å². The summed E-state index contributed by atoms with van der Waals surface area (Å²) < 4.78 is 6.23. The zero-order valence-corrected chi connectivity index (χ0v) is 22.1. The summed E-state index contributed by atoms with van der Waals surface area (Å²) in [5.74, 6) is 0.298. The van der Waals surface area contributed by atoms with Crippen molar-refractivity contribution in [2.24, 2.45) is 0 Å². The van der Waals surface area contributed by atoms with Crippen molar-refractivity contribution in [3.8, 4) is 40.2 Å². The number of hydrogen-bond donors (Lipinski definition) is 4. The van der Waals surface area contributed by atoms with Crippen molar-refractivity contribution in [3.63, 3.8) is 0 Å². The van der Waals surface area contributed by atoms with E-state index in [1.807, 2.05) is 41.5 Å². The van der Waals surface area contributed by atoms with Gasteiger partial charge >= 0.3 is 0 Å². The first kappa shape index (κ1) is 26.9. The molecule has 0 aromatic heterocycles. The number of aromatic hydroxyl groups is 4. The third-order valence-corrected chi connectivity index (χ3v) is 5.90. The van der Waals surface area contributed by atoms with Crippen LogP contribution < -0.4 is 14.5 Å². The summed E-state index contributed by atoms with van der Waals surface area (Å²) in [7, 11) is 0. The minimum absolute atomic E-state index is 0.0286. The van der Waals surface area contributed by atoms with E-state index in [0.29, 0.717) is 22.4 Å². The normalized spacial score (nSPS) is 12.3. The predicted octanol–water partition coefficient (Wildman–Crippen LogP) is 6.79. The molecule has 0 fully saturated rings. The Bertz CT molecular complexity index is 1250.